The summed E-state index contributed by atoms with van der Waals surface area (Å²) in [6, 6.07) is 24.6. The fourth-order valence-electron chi connectivity index (χ4n) is 2.22. The van der Waals surface area contributed by atoms with Crippen molar-refractivity contribution in [3.63, 3.8) is 0 Å². The third-order valence-electron chi connectivity index (χ3n) is 3.50. The number of hydrazone groups is 1. The summed E-state index contributed by atoms with van der Waals surface area (Å²) in [5.41, 5.74) is 6.12. The van der Waals surface area contributed by atoms with E-state index in [1.165, 1.54) is 0 Å². The first-order valence-corrected chi connectivity index (χ1v) is 7.84. The van der Waals surface area contributed by atoms with E-state index in [0.717, 1.165) is 16.7 Å². The number of nitrogens with zero attached hydrogens (tertiary/aromatic N) is 1. The molecule has 3 aromatic carbocycles. The lowest BCUT2D eigenvalue weighted by Crippen LogP contribution is -2.17. The van der Waals surface area contributed by atoms with Gasteiger partial charge in [-0.1, -0.05) is 66.2 Å². The number of rotatable bonds is 4. The first-order valence-electron chi connectivity index (χ1n) is 7.47. The fourth-order valence-corrected chi connectivity index (χ4v) is 2.35. The molecule has 0 saturated carbocycles. The van der Waals surface area contributed by atoms with Crippen LogP contribution in [0.3, 0.4) is 0 Å². The Hall–Kier alpha value is -2.91. The molecule has 4 heteroatoms. The van der Waals surface area contributed by atoms with Gasteiger partial charge < -0.3 is 0 Å². The lowest BCUT2D eigenvalue weighted by Gasteiger charge is -2.03. The number of hydrogen-bond donors (Lipinski definition) is 1. The summed E-state index contributed by atoms with van der Waals surface area (Å²) in [6.45, 7) is 0. The second kappa shape index (κ2) is 7.57. The lowest BCUT2D eigenvalue weighted by molar-refractivity contribution is 0.0955. The summed E-state index contributed by atoms with van der Waals surface area (Å²) in [5, 5.41) is 4.62. The number of halogens is 1. The highest BCUT2D eigenvalue weighted by atomic mass is 35.5. The largest absolute Gasteiger partial charge is 0.271 e. The maximum atomic E-state index is 12.1. The van der Waals surface area contributed by atoms with Crippen molar-refractivity contribution in [1.29, 1.82) is 0 Å². The van der Waals surface area contributed by atoms with Gasteiger partial charge in [-0.25, -0.2) is 5.43 Å². The molecule has 0 aliphatic rings. The van der Waals surface area contributed by atoms with Crippen LogP contribution in [0.2, 0.25) is 5.02 Å². The summed E-state index contributed by atoms with van der Waals surface area (Å²) >= 11 is 5.82. The van der Waals surface area contributed by atoms with E-state index in [1.54, 1.807) is 30.5 Å². The van der Waals surface area contributed by atoms with Gasteiger partial charge in [0.15, 0.2) is 0 Å². The molecular formula is C20H15ClN2O. The van der Waals surface area contributed by atoms with Crippen molar-refractivity contribution in [2.75, 3.05) is 0 Å². The predicted molar refractivity (Wildman–Crippen MR) is 98.4 cm³/mol. The standard InChI is InChI=1S/C20H15ClN2O/c21-19-12-6-15(7-13-19)14-22-23-20(24)18-10-8-17(9-11-18)16-4-2-1-3-5-16/h1-14H,(H,23,24)/b22-14-. The molecular weight excluding hydrogens is 320 g/mol. The number of benzene rings is 3. The minimum atomic E-state index is -0.250. The van der Waals surface area contributed by atoms with Gasteiger partial charge in [0.1, 0.15) is 0 Å². The molecule has 1 amide bonds. The molecule has 0 atom stereocenters. The van der Waals surface area contributed by atoms with Crippen LogP contribution in [-0.4, -0.2) is 12.1 Å². The van der Waals surface area contributed by atoms with E-state index in [2.05, 4.69) is 10.5 Å². The van der Waals surface area contributed by atoms with Gasteiger partial charge in [0.25, 0.3) is 5.91 Å². The number of hydrogen-bond acceptors (Lipinski definition) is 2. The molecule has 0 aromatic heterocycles. The summed E-state index contributed by atoms with van der Waals surface area (Å²) in [4.78, 5) is 12.1. The first kappa shape index (κ1) is 16.0. The van der Waals surface area contributed by atoms with Crippen molar-refractivity contribution in [1.82, 2.24) is 5.43 Å². The van der Waals surface area contributed by atoms with Gasteiger partial charge >= 0.3 is 0 Å². The fraction of sp³-hybridized carbons (Fsp3) is 0. The van der Waals surface area contributed by atoms with Crippen molar-refractivity contribution in [2.24, 2.45) is 5.10 Å². The molecule has 3 rings (SSSR count). The van der Waals surface area contributed by atoms with Crippen LogP contribution >= 0.6 is 11.6 Å². The molecule has 0 radical (unpaired) electrons. The molecule has 0 fully saturated rings. The summed E-state index contributed by atoms with van der Waals surface area (Å²) < 4.78 is 0. The average molecular weight is 335 g/mol. The van der Waals surface area contributed by atoms with E-state index in [9.17, 15) is 4.79 Å². The molecule has 0 spiro atoms. The van der Waals surface area contributed by atoms with Crippen LogP contribution in [0, 0.1) is 0 Å². The van der Waals surface area contributed by atoms with Gasteiger partial charge in [0, 0.05) is 10.6 Å². The Balaban J connectivity index is 1.64. The first-order chi connectivity index (χ1) is 11.7. The van der Waals surface area contributed by atoms with Crippen LogP contribution in [0.25, 0.3) is 11.1 Å². The summed E-state index contributed by atoms with van der Waals surface area (Å²) in [5.74, 6) is -0.250. The predicted octanol–water partition coefficient (Wildman–Crippen LogP) is 4.77. The Kier molecular flexibility index (Phi) is 5.04. The lowest BCUT2D eigenvalue weighted by atomic mass is 10.0. The quantitative estimate of drug-likeness (QED) is 0.542. The molecule has 0 unspecified atom stereocenters. The van der Waals surface area contributed by atoms with Crippen molar-refractivity contribution in [2.45, 2.75) is 0 Å². The van der Waals surface area contributed by atoms with Gasteiger partial charge in [-0.3, -0.25) is 4.79 Å². The molecule has 3 nitrogen and oxygen atoms in total. The van der Waals surface area contributed by atoms with Crippen molar-refractivity contribution < 1.29 is 4.79 Å². The SMILES string of the molecule is O=C(N/N=C\c1ccc(Cl)cc1)c1ccc(-c2ccccc2)cc1. The zero-order valence-corrected chi connectivity index (χ0v) is 13.6. The number of nitrogens with one attached hydrogen (secondary N) is 1. The second-order valence-electron chi connectivity index (χ2n) is 5.19. The zero-order chi connectivity index (χ0) is 16.8. The highest BCUT2D eigenvalue weighted by molar-refractivity contribution is 6.30. The third-order valence-corrected chi connectivity index (χ3v) is 3.76. The van der Waals surface area contributed by atoms with E-state index in [4.69, 9.17) is 11.6 Å². The molecule has 0 aliphatic carbocycles. The van der Waals surface area contributed by atoms with Crippen LogP contribution < -0.4 is 5.43 Å². The normalized spacial score (nSPS) is 10.7. The van der Waals surface area contributed by atoms with E-state index in [-0.39, 0.29) is 5.91 Å². The Morgan fingerprint density at radius 2 is 1.46 bits per heavy atom. The van der Waals surface area contributed by atoms with Crippen LogP contribution in [0.5, 0.6) is 0 Å². The zero-order valence-electron chi connectivity index (χ0n) is 12.8. The average Bonchev–Trinajstić information content (AvgIpc) is 2.64. The van der Waals surface area contributed by atoms with Gasteiger partial charge in [-0.05, 0) is 41.0 Å². The number of carbonyl (C=O) groups is 1. The summed E-state index contributed by atoms with van der Waals surface area (Å²) in [6.07, 6.45) is 1.58. The molecule has 0 heterocycles. The molecule has 0 bridgehead atoms. The van der Waals surface area contributed by atoms with E-state index in [1.807, 2.05) is 54.6 Å². The highest BCUT2D eigenvalue weighted by Crippen LogP contribution is 2.19. The van der Waals surface area contributed by atoms with Crippen LogP contribution in [0.15, 0.2) is 84.0 Å². The number of amides is 1. The molecule has 0 saturated heterocycles. The highest BCUT2D eigenvalue weighted by Gasteiger charge is 2.04. The maximum absolute atomic E-state index is 12.1. The number of carbonyl (C=O) groups excluding carboxylic acids is 1. The van der Waals surface area contributed by atoms with Crippen molar-refractivity contribution in [3.8, 4) is 11.1 Å². The smallest absolute Gasteiger partial charge is 0.267 e. The van der Waals surface area contributed by atoms with E-state index >= 15 is 0 Å². The van der Waals surface area contributed by atoms with Gasteiger partial charge in [0.05, 0.1) is 6.21 Å². The Labute approximate surface area is 145 Å². The van der Waals surface area contributed by atoms with Gasteiger partial charge in [0.2, 0.25) is 0 Å². The van der Waals surface area contributed by atoms with Crippen molar-refractivity contribution >= 4 is 23.7 Å². The Morgan fingerprint density at radius 1 is 0.833 bits per heavy atom. The molecule has 0 aliphatic heterocycles. The minimum absolute atomic E-state index is 0.250. The van der Waals surface area contributed by atoms with E-state index < -0.39 is 0 Å². The summed E-state index contributed by atoms with van der Waals surface area (Å²) in [7, 11) is 0. The monoisotopic (exact) mass is 334 g/mol. The second-order valence-corrected chi connectivity index (χ2v) is 5.63. The maximum Gasteiger partial charge on any atom is 0.271 e. The van der Waals surface area contributed by atoms with Crippen molar-refractivity contribution in [3.05, 3.63) is 95.0 Å². The Morgan fingerprint density at radius 3 is 2.12 bits per heavy atom. The molecule has 1 N–H and O–H groups in total. The van der Waals surface area contributed by atoms with Gasteiger partial charge in [-0.15, -0.1) is 0 Å². The van der Waals surface area contributed by atoms with E-state index in [0.29, 0.717) is 10.6 Å². The molecule has 24 heavy (non-hydrogen) atoms. The molecule has 118 valence electrons. The topological polar surface area (TPSA) is 41.5 Å². The third kappa shape index (κ3) is 4.09. The minimum Gasteiger partial charge on any atom is -0.267 e. The Bertz CT molecular complexity index is 841. The van der Waals surface area contributed by atoms with Crippen LogP contribution in [0.1, 0.15) is 15.9 Å². The van der Waals surface area contributed by atoms with Crippen LogP contribution in [-0.2, 0) is 0 Å². The molecule has 3 aromatic rings. The van der Waals surface area contributed by atoms with Gasteiger partial charge in [-0.2, -0.15) is 5.10 Å². The van der Waals surface area contributed by atoms with Crippen LogP contribution in [0.4, 0.5) is 0 Å².